The number of hydrogen-bond donors (Lipinski definition) is 0. The predicted octanol–water partition coefficient (Wildman–Crippen LogP) is 2.33. The van der Waals surface area contributed by atoms with Crippen LogP contribution in [0.2, 0.25) is 0 Å². The average molecular weight is 333 g/mol. The van der Waals surface area contributed by atoms with Gasteiger partial charge in [-0.25, -0.2) is 8.42 Å². The van der Waals surface area contributed by atoms with E-state index in [2.05, 4.69) is 6.58 Å². The van der Waals surface area contributed by atoms with Gasteiger partial charge in [0.15, 0.2) is 9.84 Å². The summed E-state index contributed by atoms with van der Waals surface area (Å²) in [6.07, 6.45) is 4.41. The summed E-state index contributed by atoms with van der Waals surface area (Å²) in [6.45, 7) is 5.58. The number of nitrogens with zero attached hydrogens (tertiary/aromatic N) is 1. The maximum Gasteiger partial charge on any atom is 0.253 e. The third-order valence-electron chi connectivity index (χ3n) is 3.37. The van der Waals surface area contributed by atoms with E-state index in [0.29, 0.717) is 16.9 Å². The third-order valence-corrected chi connectivity index (χ3v) is 4.46. The van der Waals surface area contributed by atoms with Gasteiger partial charge in [0.1, 0.15) is 12.4 Å². The highest BCUT2D eigenvalue weighted by Crippen LogP contribution is 2.28. The molecule has 1 heterocycles. The van der Waals surface area contributed by atoms with Gasteiger partial charge in [0.2, 0.25) is 0 Å². The molecule has 23 heavy (non-hydrogen) atoms. The fourth-order valence-corrected chi connectivity index (χ4v) is 2.90. The van der Waals surface area contributed by atoms with E-state index < -0.39 is 9.84 Å². The van der Waals surface area contributed by atoms with E-state index in [4.69, 9.17) is 4.74 Å². The van der Waals surface area contributed by atoms with Crippen molar-refractivity contribution in [2.75, 3.05) is 12.9 Å². The Bertz CT molecular complexity index is 884. The van der Waals surface area contributed by atoms with E-state index in [0.717, 1.165) is 11.8 Å². The van der Waals surface area contributed by atoms with Crippen molar-refractivity contribution in [3.63, 3.8) is 0 Å². The van der Waals surface area contributed by atoms with Crippen LogP contribution in [-0.4, -0.2) is 25.8 Å². The van der Waals surface area contributed by atoms with Crippen molar-refractivity contribution in [3.8, 4) is 16.9 Å². The van der Waals surface area contributed by atoms with Gasteiger partial charge in [-0.05, 0) is 42.3 Å². The summed E-state index contributed by atoms with van der Waals surface area (Å²) >= 11 is 0. The molecular formula is C17H19NO4S. The second-order valence-electron chi connectivity index (χ2n) is 5.39. The molecule has 0 unspecified atom stereocenters. The summed E-state index contributed by atoms with van der Waals surface area (Å²) in [6, 6.07) is 6.55. The number of aryl methyl sites for hydroxylation is 2. The molecule has 0 saturated carbocycles. The summed E-state index contributed by atoms with van der Waals surface area (Å²) < 4.78 is 30.8. The van der Waals surface area contributed by atoms with Crippen LogP contribution in [0.1, 0.15) is 5.56 Å². The summed E-state index contributed by atoms with van der Waals surface area (Å²) in [5.41, 5.74) is 1.92. The lowest BCUT2D eigenvalue weighted by atomic mass is 10.1. The van der Waals surface area contributed by atoms with Crippen LogP contribution in [0.5, 0.6) is 5.75 Å². The predicted molar refractivity (Wildman–Crippen MR) is 90.7 cm³/mol. The second kappa shape index (κ2) is 6.42. The topological polar surface area (TPSA) is 65.4 Å². The zero-order valence-electron chi connectivity index (χ0n) is 13.4. The highest BCUT2D eigenvalue weighted by molar-refractivity contribution is 7.90. The molecule has 6 heteroatoms. The van der Waals surface area contributed by atoms with Crippen LogP contribution in [0, 0.1) is 6.92 Å². The van der Waals surface area contributed by atoms with E-state index in [1.807, 2.05) is 0 Å². The molecule has 0 spiro atoms. The molecule has 0 aliphatic carbocycles. The van der Waals surface area contributed by atoms with Gasteiger partial charge in [0, 0.05) is 25.1 Å². The van der Waals surface area contributed by atoms with Gasteiger partial charge in [0.25, 0.3) is 5.56 Å². The van der Waals surface area contributed by atoms with Crippen molar-refractivity contribution in [1.29, 1.82) is 0 Å². The zero-order valence-corrected chi connectivity index (χ0v) is 14.2. The number of pyridine rings is 1. The van der Waals surface area contributed by atoms with Crippen molar-refractivity contribution < 1.29 is 13.2 Å². The van der Waals surface area contributed by atoms with Crippen molar-refractivity contribution in [3.05, 3.63) is 59.0 Å². The first-order valence-corrected chi connectivity index (χ1v) is 8.88. The van der Waals surface area contributed by atoms with Gasteiger partial charge >= 0.3 is 0 Å². The lowest BCUT2D eigenvalue weighted by Gasteiger charge is -2.11. The van der Waals surface area contributed by atoms with E-state index >= 15 is 0 Å². The third kappa shape index (κ3) is 3.90. The van der Waals surface area contributed by atoms with Crippen LogP contribution in [-0.2, 0) is 16.9 Å². The number of benzene rings is 1. The number of hydrogen-bond acceptors (Lipinski definition) is 4. The molecule has 0 N–H and O–H groups in total. The van der Waals surface area contributed by atoms with Crippen molar-refractivity contribution in [2.45, 2.75) is 11.8 Å². The molecule has 2 aromatic rings. The van der Waals surface area contributed by atoms with Gasteiger partial charge in [-0.2, -0.15) is 0 Å². The maximum absolute atomic E-state index is 11.9. The van der Waals surface area contributed by atoms with Gasteiger partial charge in [-0.15, -0.1) is 0 Å². The van der Waals surface area contributed by atoms with Crippen LogP contribution in [0.3, 0.4) is 0 Å². The normalized spacial score (nSPS) is 11.3. The van der Waals surface area contributed by atoms with E-state index in [1.165, 1.54) is 10.6 Å². The van der Waals surface area contributed by atoms with E-state index in [1.54, 1.807) is 44.4 Å². The monoisotopic (exact) mass is 333 g/mol. The first-order chi connectivity index (χ1) is 10.7. The van der Waals surface area contributed by atoms with Crippen molar-refractivity contribution >= 4 is 9.84 Å². The van der Waals surface area contributed by atoms with Gasteiger partial charge < -0.3 is 9.30 Å². The molecule has 0 amide bonds. The van der Waals surface area contributed by atoms with Crippen LogP contribution >= 0.6 is 0 Å². The zero-order chi connectivity index (χ0) is 17.2. The Labute approximate surface area is 135 Å². The molecule has 2 rings (SSSR count). The van der Waals surface area contributed by atoms with Crippen molar-refractivity contribution in [1.82, 2.24) is 4.57 Å². The molecule has 1 aromatic heterocycles. The Morgan fingerprint density at radius 1 is 1.22 bits per heavy atom. The smallest absolute Gasteiger partial charge is 0.253 e. The first-order valence-electron chi connectivity index (χ1n) is 6.99. The van der Waals surface area contributed by atoms with Gasteiger partial charge in [-0.1, -0.05) is 12.7 Å². The summed E-state index contributed by atoms with van der Waals surface area (Å²) in [5.74, 6) is 0.439. The molecule has 0 bridgehead atoms. The molecule has 0 saturated heterocycles. The Morgan fingerprint density at radius 2 is 1.91 bits per heavy atom. The molecular weight excluding hydrogens is 314 g/mol. The Hall–Kier alpha value is -2.34. The quantitative estimate of drug-likeness (QED) is 0.788. The minimum Gasteiger partial charge on any atom is -0.489 e. The largest absolute Gasteiger partial charge is 0.489 e. The minimum absolute atomic E-state index is 0.0869. The fourth-order valence-electron chi connectivity index (χ4n) is 2.23. The number of sulfone groups is 1. The highest BCUT2D eigenvalue weighted by Gasteiger charge is 2.13. The average Bonchev–Trinajstić information content (AvgIpc) is 2.49. The van der Waals surface area contributed by atoms with Crippen LogP contribution < -0.4 is 10.3 Å². The fraction of sp³-hybridized carbons (Fsp3) is 0.235. The van der Waals surface area contributed by atoms with Crippen LogP contribution in [0.4, 0.5) is 0 Å². The Morgan fingerprint density at radius 3 is 2.48 bits per heavy atom. The summed E-state index contributed by atoms with van der Waals surface area (Å²) in [7, 11) is -1.72. The summed E-state index contributed by atoms with van der Waals surface area (Å²) in [5, 5.41) is 0. The lowest BCUT2D eigenvalue weighted by Crippen LogP contribution is -2.18. The molecule has 0 fully saturated rings. The van der Waals surface area contributed by atoms with Crippen LogP contribution in [0.15, 0.2) is 52.8 Å². The molecule has 0 radical (unpaired) electrons. The summed E-state index contributed by atoms with van der Waals surface area (Å²) in [4.78, 5) is 12.0. The minimum atomic E-state index is -3.38. The lowest BCUT2D eigenvalue weighted by molar-refractivity contribution is 0.362. The molecule has 0 aliphatic heterocycles. The van der Waals surface area contributed by atoms with Gasteiger partial charge in [0.05, 0.1) is 4.90 Å². The number of aromatic nitrogens is 1. The highest BCUT2D eigenvalue weighted by atomic mass is 32.2. The number of rotatable bonds is 5. The van der Waals surface area contributed by atoms with Crippen molar-refractivity contribution in [2.24, 2.45) is 7.05 Å². The molecule has 5 nitrogen and oxygen atoms in total. The molecule has 1 aromatic carbocycles. The standard InChI is InChI=1S/C17H19NO4S/c1-5-6-22-15-8-13(9-16(10-15)23(4,20)21)14-7-12(2)17(19)18(3)11-14/h5,7-11H,1,6H2,2-4H3. The van der Waals surface area contributed by atoms with E-state index in [9.17, 15) is 13.2 Å². The first kappa shape index (κ1) is 17.0. The molecule has 0 aliphatic rings. The number of ether oxygens (including phenoxy) is 1. The van der Waals surface area contributed by atoms with Crippen LogP contribution in [0.25, 0.3) is 11.1 Å². The maximum atomic E-state index is 11.9. The molecule has 122 valence electrons. The van der Waals surface area contributed by atoms with E-state index in [-0.39, 0.29) is 17.1 Å². The Kier molecular flexibility index (Phi) is 4.75. The SMILES string of the molecule is C=CCOc1cc(-c2cc(C)c(=O)n(C)c2)cc(S(C)(=O)=O)c1. The second-order valence-corrected chi connectivity index (χ2v) is 7.41. The molecule has 0 atom stereocenters. The Balaban J connectivity index is 2.66. The van der Waals surface area contributed by atoms with Gasteiger partial charge in [-0.3, -0.25) is 4.79 Å².